The quantitative estimate of drug-likeness (QED) is 0.881. The Labute approximate surface area is 96.0 Å². The van der Waals surface area contributed by atoms with Crippen LogP contribution in [0.2, 0.25) is 0 Å². The second kappa shape index (κ2) is 3.93. The van der Waals surface area contributed by atoms with E-state index in [0.29, 0.717) is 10.0 Å². The highest BCUT2D eigenvalue weighted by atomic mass is 79.9. The van der Waals surface area contributed by atoms with Gasteiger partial charge in [-0.2, -0.15) is 0 Å². The van der Waals surface area contributed by atoms with E-state index in [-0.39, 0.29) is 17.5 Å². The standard InChI is InChI=1S/C11H11BrFNO/c1-6-9(12)5-4-8(10(6)13)11(15)14-7-2-3-7/h4-5,7H,2-3H2,1H3,(H,14,15). The lowest BCUT2D eigenvalue weighted by molar-refractivity contribution is 0.0947. The number of nitrogens with one attached hydrogen (secondary N) is 1. The fraction of sp³-hybridized carbons (Fsp3) is 0.364. The summed E-state index contributed by atoms with van der Waals surface area (Å²) in [6.45, 7) is 1.65. The number of amides is 1. The van der Waals surface area contributed by atoms with Gasteiger partial charge in [-0.3, -0.25) is 4.79 Å². The van der Waals surface area contributed by atoms with Gasteiger partial charge >= 0.3 is 0 Å². The molecule has 1 amide bonds. The lowest BCUT2D eigenvalue weighted by Crippen LogP contribution is -2.26. The molecule has 0 heterocycles. The highest BCUT2D eigenvalue weighted by Gasteiger charge is 2.25. The molecule has 0 aromatic heterocycles. The molecule has 1 aromatic rings. The lowest BCUT2D eigenvalue weighted by Gasteiger charge is -2.07. The van der Waals surface area contributed by atoms with Crippen LogP contribution in [-0.2, 0) is 0 Å². The Bertz CT molecular complexity index is 415. The van der Waals surface area contributed by atoms with E-state index in [2.05, 4.69) is 21.2 Å². The molecular formula is C11H11BrFNO. The average Bonchev–Trinajstić information content (AvgIpc) is 2.98. The third-order valence-electron chi connectivity index (χ3n) is 2.48. The Morgan fingerprint density at radius 2 is 2.20 bits per heavy atom. The normalized spacial score (nSPS) is 15.1. The summed E-state index contributed by atoms with van der Waals surface area (Å²) in [5.74, 6) is -0.756. The van der Waals surface area contributed by atoms with Crippen molar-refractivity contribution in [2.24, 2.45) is 0 Å². The monoisotopic (exact) mass is 271 g/mol. The molecule has 1 saturated carbocycles. The van der Waals surface area contributed by atoms with Crippen molar-refractivity contribution in [2.45, 2.75) is 25.8 Å². The number of benzene rings is 1. The molecule has 0 unspecified atom stereocenters. The number of carbonyl (C=O) groups is 1. The fourth-order valence-electron chi connectivity index (χ4n) is 1.33. The minimum Gasteiger partial charge on any atom is -0.349 e. The molecule has 1 aromatic carbocycles. The molecule has 1 aliphatic carbocycles. The van der Waals surface area contributed by atoms with Crippen molar-refractivity contribution < 1.29 is 9.18 Å². The van der Waals surface area contributed by atoms with Gasteiger partial charge in [0, 0.05) is 10.5 Å². The minimum atomic E-state index is -0.442. The fourth-order valence-corrected chi connectivity index (χ4v) is 1.63. The van der Waals surface area contributed by atoms with Crippen LogP contribution in [0.3, 0.4) is 0 Å². The first kappa shape index (κ1) is 10.6. The predicted octanol–water partition coefficient (Wildman–Crippen LogP) is 2.79. The molecule has 2 rings (SSSR count). The number of hydrogen-bond donors (Lipinski definition) is 1. The van der Waals surface area contributed by atoms with Gasteiger partial charge in [-0.25, -0.2) is 4.39 Å². The third-order valence-corrected chi connectivity index (χ3v) is 3.34. The number of rotatable bonds is 2. The van der Waals surface area contributed by atoms with E-state index in [1.165, 1.54) is 6.07 Å². The van der Waals surface area contributed by atoms with Crippen molar-refractivity contribution >= 4 is 21.8 Å². The van der Waals surface area contributed by atoms with Gasteiger partial charge < -0.3 is 5.32 Å². The van der Waals surface area contributed by atoms with Crippen molar-refractivity contribution in [3.63, 3.8) is 0 Å². The molecule has 1 fully saturated rings. The molecular weight excluding hydrogens is 261 g/mol. The molecule has 0 radical (unpaired) electrons. The van der Waals surface area contributed by atoms with Crippen LogP contribution in [0.4, 0.5) is 4.39 Å². The highest BCUT2D eigenvalue weighted by Crippen LogP contribution is 2.23. The van der Waals surface area contributed by atoms with Crippen LogP contribution in [0, 0.1) is 12.7 Å². The summed E-state index contributed by atoms with van der Waals surface area (Å²) < 4.78 is 14.4. The summed E-state index contributed by atoms with van der Waals surface area (Å²) in [5.41, 5.74) is 0.598. The first-order valence-electron chi connectivity index (χ1n) is 4.85. The summed E-state index contributed by atoms with van der Waals surface area (Å²) in [4.78, 5) is 11.6. The van der Waals surface area contributed by atoms with E-state index in [4.69, 9.17) is 0 Å². The van der Waals surface area contributed by atoms with Crippen molar-refractivity contribution in [1.29, 1.82) is 0 Å². The van der Waals surface area contributed by atoms with Crippen molar-refractivity contribution in [3.05, 3.63) is 33.5 Å². The van der Waals surface area contributed by atoms with Crippen molar-refractivity contribution in [1.82, 2.24) is 5.32 Å². The topological polar surface area (TPSA) is 29.1 Å². The van der Waals surface area contributed by atoms with Gasteiger partial charge in [-0.05, 0) is 37.5 Å². The van der Waals surface area contributed by atoms with Crippen LogP contribution in [0.5, 0.6) is 0 Å². The molecule has 4 heteroatoms. The first-order valence-corrected chi connectivity index (χ1v) is 5.64. The molecule has 0 spiro atoms. The summed E-state index contributed by atoms with van der Waals surface area (Å²) in [5, 5.41) is 2.76. The molecule has 1 N–H and O–H groups in total. The van der Waals surface area contributed by atoms with Gasteiger partial charge in [0.2, 0.25) is 0 Å². The van der Waals surface area contributed by atoms with Crippen LogP contribution in [-0.4, -0.2) is 11.9 Å². The van der Waals surface area contributed by atoms with Crippen LogP contribution < -0.4 is 5.32 Å². The maximum atomic E-state index is 13.7. The van der Waals surface area contributed by atoms with Crippen LogP contribution in [0.1, 0.15) is 28.8 Å². The Morgan fingerprint density at radius 1 is 1.53 bits per heavy atom. The average molecular weight is 272 g/mol. The Balaban J connectivity index is 2.26. The molecule has 15 heavy (non-hydrogen) atoms. The number of hydrogen-bond acceptors (Lipinski definition) is 1. The van der Waals surface area contributed by atoms with Crippen molar-refractivity contribution in [3.8, 4) is 0 Å². The van der Waals surface area contributed by atoms with E-state index < -0.39 is 5.82 Å². The second-order valence-corrected chi connectivity index (χ2v) is 4.64. The zero-order chi connectivity index (χ0) is 11.0. The molecule has 0 aliphatic heterocycles. The maximum Gasteiger partial charge on any atom is 0.254 e. The summed E-state index contributed by atoms with van der Waals surface area (Å²) in [7, 11) is 0. The smallest absolute Gasteiger partial charge is 0.254 e. The molecule has 1 aliphatic rings. The summed E-state index contributed by atoms with van der Waals surface area (Å²) in [6.07, 6.45) is 2.01. The van der Waals surface area contributed by atoms with E-state index >= 15 is 0 Å². The van der Waals surface area contributed by atoms with Gasteiger partial charge in [0.05, 0.1) is 5.56 Å². The van der Waals surface area contributed by atoms with E-state index in [1.807, 2.05) is 0 Å². The largest absolute Gasteiger partial charge is 0.349 e. The summed E-state index contributed by atoms with van der Waals surface area (Å²) in [6, 6.07) is 3.45. The predicted molar refractivity (Wildman–Crippen MR) is 59.3 cm³/mol. The highest BCUT2D eigenvalue weighted by molar-refractivity contribution is 9.10. The Hall–Kier alpha value is -0.900. The minimum absolute atomic E-state index is 0.127. The third kappa shape index (κ3) is 2.20. The van der Waals surface area contributed by atoms with Gasteiger partial charge in [0.25, 0.3) is 5.91 Å². The van der Waals surface area contributed by atoms with E-state index in [0.717, 1.165) is 12.8 Å². The number of carbonyl (C=O) groups excluding carboxylic acids is 1. The molecule has 0 atom stereocenters. The Morgan fingerprint density at radius 3 is 2.80 bits per heavy atom. The van der Waals surface area contributed by atoms with Crippen LogP contribution >= 0.6 is 15.9 Å². The molecule has 80 valence electrons. The van der Waals surface area contributed by atoms with E-state index in [9.17, 15) is 9.18 Å². The van der Waals surface area contributed by atoms with Crippen LogP contribution in [0.25, 0.3) is 0 Å². The molecule has 2 nitrogen and oxygen atoms in total. The maximum absolute atomic E-state index is 13.7. The Kier molecular flexibility index (Phi) is 2.78. The van der Waals surface area contributed by atoms with Gasteiger partial charge in [-0.1, -0.05) is 15.9 Å². The first-order chi connectivity index (χ1) is 7.09. The second-order valence-electron chi connectivity index (χ2n) is 3.78. The SMILES string of the molecule is Cc1c(Br)ccc(C(=O)NC2CC2)c1F. The van der Waals surface area contributed by atoms with E-state index in [1.54, 1.807) is 13.0 Å². The zero-order valence-corrected chi connectivity index (χ0v) is 9.90. The summed E-state index contributed by atoms with van der Waals surface area (Å²) >= 11 is 3.22. The zero-order valence-electron chi connectivity index (χ0n) is 8.31. The van der Waals surface area contributed by atoms with Gasteiger partial charge in [0.1, 0.15) is 5.82 Å². The number of halogens is 2. The van der Waals surface area contributed by atoms with Gasteiger partial charge in [0.15, 0.2) is 0 Å². The molecule has 0 saturated heterocycles. The lowest BCUT2D eigenvalue weighted by atomic mass is 10.1. The van der Waals surface area contributed by atoms with Crippen LogP contribution in [0.15, 0.2) is 16.6 Å². The van der Waals surface area contributed by atoms with Crippen molar-refractivity contribution in [2.75, 3.05) is 0 Å². The van der Waals surface area contributed by atoms with Gasteiger partial charge in [-0.15, -0.1) is 0 Å². The molecule has 0 bridgehead atoms.